The van der Waals surface area contributed by atoms with E-state index in [-0.39, 0.29) is 5.96 Å². The monoisotopic (exact) mass is 387 g/mol. The zero-order valence-electron chi connectivity index (χ0n) is 13.1. The van der Waals surface area contributed by atoms with E-state index in [4.69, 9.17) is 16.5 Å². The lowest BCUT2D eigenvalue weighted by Gasteiger charge is -2.45. The van der Waals surface area contributed by atoms with Gasteiger partial charge in [0, 0.05) is 12.4 Å². The van der Waals surface area contributed by atoms with Crippen molar-refractivity contribution in [1.82, 2.24) is 9.97 Å². The van der Waals surface area contributed by atoms with Crippen LogP contribution in [0.4, 0.5) is 5.69 Å². The largest absolute Gasteiger partial charge is 0.369 e. The summed E-state index contributed by atoms with van der Waals surface area (Å²) in [7, 11) is 0. The van der Waals surface area contributed by atoms with Crippen molar-refractivity contribution in [2.75, 3.05) is 4.90 Å². The van der Waals surface area contributed by atoms with E-state index in [0.29, 0.717) is 5.96 Å². The van der Waals surface area contributed by atoms with Gasteiger partial charge in [0.25, 0.3) is 0 Å². The molecule has 0 atom stereocenters. The molecule has 4 N–H and O–H groups in total. The van der Waals surface area contributed by atoms with Gasteiger partial charge in [0.2, 0.25) is 11.9 Å². The van der Waals surface area contributed by atoms with Crippen molar-refractivity contribution in [2.45, 2.75) is 37.8 Å². The number of aromatic nitrogens is 2. The molecule has 24 heavy (non-hydrogen) atoms. The van der Waals surface area contributed by atoms with Crippen LogP contribution in [0.5, 0.6) is 0 Å². The molecule has 1 fully saturated rings. The second-order valence-electron chi connectivity index (χ2n) is 6.14. The van der Waals surface area contributed by atoms with E-state index in [1.54, 1.807) is 12.4 Å². The highest BCUT2D eigenvalue weighted by Gasteiger charge is 2.43. The predicted molar refractivity (Wildman–Crippen MR) is 98.8 cm³/mol. The fraction of sp³-hybridized carbons (Fsp3) is 0.375. The highest BCUT2D eigenvalue weighted by molar-refractivity contribution is 9.10. The molecule has 1 spiro atoms. The SMILES string of the molecule is NC1=NC2(CCCCC2)N(c2ccc3nccnc3c2Br)C(N)=N1. The molecule has 124 valence electrons. The average Bonchev–Trinajstić information content (AvgIpc) is 2.57. The number of halogens is 1. The summed E-state index contributed by atoms with van der Waals surface area (Å²) in [6.07, 6.45) is 8.53. The summed E-state index contributed by atoms with van der Waals surface area (Å²) in [5.74, 6) is 0.621. The molecule has 1 saturated carbocycles. The Hall–Kier alpha value is -2.22. The Kier molecular flexibility index (Phi) is 3.64. The molecule has 2 aromatic rings. The van der Waals surface area contributed by atoms with E-state index in [9.17, 15) is 0 Å². The highest BCUT2D eigenvalue weighted by atomic mass is 79.9. The number of hydrogen-bond donors (Lipinski definition) is 2. The number of nitrogens with zero attached hydrogens (tertiary/aromatic N) is 5. The molecule has 2 heterocycles. The fourth-order valence-electron chi connectivity index (χ4n) is 3.63. The molecule has 4 rings (SSSR count). The third-order valence-corrected chi connectivity index (χ3v) is 5.43. The number of rotatable bonds is 1. The molecule has 0 unspecified atom stereocenters. The molecule has 1 aliphatic heterocycles. The quantitative estimate of drug-likeness (QED) is 0.781. The number of hydrogen-bond acceptors (Lipinski definition) is 7. The van der Waals surface area contributed by atoms with E-state index in [2.05, 4.69) is 30.9 Å². The molecule has 8 heteroatoms. The lowest BCUT2D eigenvalue weighted by atomic mass is 9.87. The molecule has 0 saturated heterocycles. The average molecular weight is 388 g/mol. The van der Waals surface area contributed by atoms with Gasteiger partial charge in [-0.3, -0.25) is 14.9 Å². The first kappa shape index (κ1) is 15.3. The van der Waals surface area contributed by atoms with Crippen molar-refractivity contribution in [3.05, 3.63) is 29.0 Å². The van der Waals surface area contributed by atoms with E-state index < -0.39 is 5.66 Å². The Bertz CT molecular complexity index is 855. The van der Waals surface area contributed by atoms with Crippen molar-refractivity contribution < 1.29 is 0 Å². The first-order chi connectivity index (χ1) is 11.6. The summed E-state index contributed by atoms with van der Waals surface area (Å²) < 4.78 is 0.840. The Balaban J connectivity index is 1.90. The maximum Gasteiger partial charge on any atom is 0.220 e. The van der Waals surface area contributed by atoms with Crippen LogP contribution in [0.3, 0.4) is 0 Å². The zero-order chi connectivity index (χ0) is 16.7. The van der Waals surface area contributed by atoms with Crippen LogP contribution >= 0.6 is 15.9 Å². The lowest BCUT2D eigenvalue weighted by molar-refractivity contribution is 0.305. The topological polar surface area (TPSA) is 106 Å². The molecular weight excluding hydrogens is 370 g/mol. The molecule has 1 aromatic carbocycles. The number of aliphatic imine (C=N–C) groups is 2. The Morgan fingerprint density at radius 3 is 2.58 bits per heavy atom. The molecule has 2 aliphatic rings. The Morgan fingerprint density at radius 2 is 1.79 bits per heavy atom. The predicted octanol–water partition coefficient (Wildman–Crippen LogP) is 2.50. The van der Waals surface area contributed by atoms with E-state index >= 15 is 0 Å². The van der Waals surface area contributed by atoms with Crippen LogP contribution in [0.25, 0.3) is 11.0 Å². The fourth-order valence-corrected chi connectivity index (χ4v) is 4.25. The minimum atomic E-state index is -0.466. The molecule has 1 aromatic heterocycles. The second-order valence-corrected chi connectivity index (χ2v) is 6.93. The van der Waals surface area contributed by atoms with Crippen LogP contribution in [0, 0.1) is 0 Å². The number of anilines is 1. The van der Waals surface area contributed by atoms with Gasteiger partial charge >= 0.3 is 0 Å². The normalized spacial score (nSPS) is 20.1. The van der Waals surface area contributed by atoms with Crippen LogP contribution in [-0.4, -0.2) is 27.5 Å². The van der Waals surface area contributed by atoms with Crippen molar-refractivity contribution in [3.63, 3.8) is 0 Å². The van der Waals surface area contributed by atoms with Crippen LogP contribution in [0.15, 0.2) is 39.0 Å². The number of benzene rings is 1. The van der Waals surface area contributed by atoms with E-state index in [1.807, 2.05) is 17.0 Å². The van der Waals surface area contributed by atoms with Crippen molar-refractivity contribution in [1.29, 1.82) is 0 Å². The Labute approximate surface area is 148 Å². The minimum Gasteiger partial charge on any atom is -0.369 e. The van der Waals surface area contributed by atoms with Crippen LogP contribution in [0.1, 0.15) is 32.1 Å². The standard InChI is InChI=1S/C16H18BrN7/c17-12-11(5-4-10-13(12)21-9-8-20-10)24-15(19)22-14(18)23-16(24)6-2-1-3-7-16/h4-5,8-9H,1-3,6-7H2,(H4,18,19,22,23). The van der Waals surface area contributed by atoms with E-state index in [0.717, 1.165) is 46.9 Å². The maximum absolute atomic E-state index is 6.28. The van der Waals surface area contributed by atoms with Gasteiger partial charge < -0.3 is 11.5 Å². The zero-order valence-corrected chi connectivity index (χ0v) is 14.7. The van der Waals surface area contributed by atoms with Crippen molar-refractivity contribution in [2.24, 2.45) is 21.5 Å². The molecular formula is C16H18BrN7. The molecule has 0 amide bonds. The highest BCUT2D eigenvalue weighted by Crippen LogP contribution is 2.43. The minimum absolute atomic E-state index is 0.252. The van der Waals surface area contributed by atoms with Crippen LogP contribution < -0.4 is 16.4 Å². The van der Waals surface area contributed by atoms with Gasteiger partial charge in [-0.15, -0.1) is 0 Å². The summed E-state index contributed by atoms with van der Waals surface area (Å²) in [6.45, 7) is 0. The van der Waals surface area contributed by atoms with Gasteiger partial charge in [-0.25, -0.2) is 4.99 Å². The van der Waals surface area contributed by atoms with Crippen LogP contribution in [0.2, 0.25) is 0 Å². The third kappa shape index (κ3) is 2.32. The first-order valence-corrected chi connectivity index (χ1v) is 8.79. The van der Waals surface area contributed by atoms with Gasteiger partial charge in [0.1, 0.15) is 11.2 Å². The summed E-state index contributed by atoms with van der Waals surface area (Å²) in [5.41, 5.74) is 14.2. The molecule has 0 bridgehead atoms. The van der Waals surface area contributed by atoms with Crippen LogP contribution in [-0.2, 0) is 0 Å². The third-order valence-electron chi connectivity index (χ3n) is 4.65. The summed E-state index contributed by atoms with van der Waals surface area (Å²) in [5, 5.41) is 0. The van der Waals surface area contributed by atoms with Crippen molar-refractivity contribution in [3.8, 4) is 0 Å². The summed E-state index contributed by atoms with van der Waals surface area (Å²) in [4.78, 5) is 19.7. The molecule has 1 aliphatic carbocycles. The Morgan fingerprint density at radius 1 is 1.04 bits per heavy atom. The van der Waals surface area contributed by atoms with E-state index in [1.165, 1.54) is 6.42 Å². The van der Waals surface area contributed by atoms with Crippen molar-refractivity contribution >= 4 is 44.6 Å². The first-order valence-electron chi connectivity index (χ1n) is 8.00. The molecule has 0 radical (unpaired) electrons. The number of nitrogens with two attached hydrogens (primary N) is 2. The number of fused-ring (bicyclic) bond motifs is 1. The second kappa shape index (κ2) is 5.70. The van der Waals surface area contributed by atoms with Gasteiger partial charge in [-0.05, 0) is 53.7 Å². The van der Waals surface area contributed by atoms with Gasteiger partial charge in [0.05, 0.1) is 15.7 Å². The maximum atomic E-state index is 6.28. The van der Waals surface area contributed by atoms with Gasteiger partial charge in [-0.1, -0.05) is 6.42 Å². The van der Waals surface area contributed by atoms with Gasteiger partial charge in [-0.2, -0.15) is 4.99 Å². The summed E-state index contributed by atoms with van der Waals surface area (Å²) in [6, 6.07) is 3.92. The summed E-state index contributed by atoms with van der Waals surface area (Å²) >= 11 is 3.68. The van der Waals surface area contributed by atoms with Gasteiger partial charge in [0.15, 0.2) is 0 Å². The molecule has 7 nitrogen and oxygen atoms in total. The smallest absolute Gasteiger partial charge is 0.220 e. The lowest BCUT2D eigenvalue weighted by Crippen LogP contribution is -2.58. The number of guanidine groups is 2.